The highest BCUT2D eigenvalue weighted by Gasteiger charge is 2.30. The molecule has 0 spiro atoms. The van der Waals surface area contributed by atoms with Crippen LogP contribution in [-0.4, -0.2) is 51.8 Å². The fraction of sp³-hybridized carbons (Fsp3) is 0.500. The number of hydrogen-bond donors (Lipinski definition) is 1. The lowest BCUT2D eigenvalue weighted by atomic mass is 10.2. The molecule has 5 rings (SSSR count). The zero-order valence-electron chi connectivity index (χ0n) is 16.7. The summed E-state index contributed by atoms with van der Waals surface area (Å²) in [4.78, 5) is 11.6. The summed E-state index contributed by atoms with van der Waals surface area (Å²) in [5.74, 6) is 2.93. The van der Waals surface area contributed by atoms with Crippen LogP contribution in [0.4, 0.5) is 11.8 Å². The van der Waals surface area contributed by atoms with E-state index in [0.717, 1.165) is 42.5 Å². The van der Waals surface area contributed by atoms with E-state index in [9.17, 15) is 0 Å². The van der Waals surface area contributed by atoms with Gasteiger partial charge in [-0.3, -0.25) is 4.68 Å². The highest BCUT2D eigenvalue weighted by atomic mass is 16.5. The second-order valence-corrected chi connectivity index (χ2v) is 7.76. The fourth-order valence-electron chi connectivity index (χ4n) is 4.07. The molecule has 1 atom stereocenters. The maximum atomic E-state index is 6.28. The first-order chi connectivity index (χ1) is 14.2. The van der Waals surface area contributed by atoms with Crippen LogP contribution in [0.2, 0.25) is 0 Å². The molecule has 1 aliphatic heterocycles. The van der Waals surface area contributed by atoms with Crippen LogP contribution in [0, 0.1) is 0 Å². The van der Waals surface area contributed by atoms with Gasteiger partial charge in [0.1, 0.15) is 5.82 Å². The second kappa shape index (κ2) is 7.06. The number of anilines is 2. The summed E-state index contributed by atoms with van der Waals surface area (Å²) in [6, 6.07) is 3.93. The Morgan fingerprint density at radius 3 is 2.66 bits per heavy atom. The maximum Gasteiger partial charge on any atom is 0.228 e. The highest BCUT2D eigenvalue weighted by molar-refractivity contribution is 5.91. The van der Waals surface area contributed by atoms with Crippen molar-refractivity contribution >= 4 is 22.7 Å². The summed E-state index contributed by atoms with van der Waals surface area (Å²) >= 11 is 0. The van der Waals surface area contributed by atoms with Crippen molar-refractivity contribution in [3.63, 3.8) is 0 Å². The Kier molecular flexibility index (Phi) is 4.37. The average molecular weight is 395 g/mol. The molecule has 0 bridgehead atoms. The first kappa shape index (κ1) is 18.0. The molecule has 1 saturated carbocycles. The Morgan fingerprint density at radius 2 is 1.90 bits per heavy atom. The number of nitrogen functional groups attached to an aromatic ring is 1. The van der Waals surface area contributed by atoms with Crippen LogP contribution in [0.15, 0.2) is 18.3 Å². The zero-order chi connectivity index (χ0) is 20.0. The van der Waals surface area contributed by atoms with Crippen LogP contribution in [0.5, 0.6) is 11.5 Å². The molecule has 0 unspecified atom stereocenters. The molecule has 1 aliphatic carbocycles. The number of benzene rings is 1. The van der Waals surface area contributed by atoms with Gasteiger partial charge in [-0.2, -0.15) is 4.98 Å². The minimum absolute atomic E-state index is 0.265. The van der Waals surface area contributed by atoms with E-state index < -0.39 is 0 Å². The topological polar surface area (TPSA) is 104 Å². The van der Waals surface area contributed by atoms with Gasteiger partial charge in [0, 0.05) is 30.1 Å². The van der Waals surface area contributed by atoms with Crippen molar-refractivity contribution < 1.29 is 9.47 Å². The van der Waals surface area contributed by atoms with Crippen molar-refractivity contribution in [2.45, 2.75) is 44.2 Å². The van der Waals surface area contributed by atoms with Crippen molar-refractivity contribution in [1.29, 1.82) is 0 Å². The molecular formula is C20H25N7O2. The van der Waals surface area contributed by atoms with Crippen molar-refractivity contribution in [3.05, 3.63) is 24.0 Å². The van der Waals surface area contributed by atoms with Gasteiger partial charge in [-0.15, -0.1) is 5.10 Å². The van der Waals surface area contributed by atoms with Crippen LogP contribution in [0.3, 0.4) is 0 Å². The summed E-state index contributed by atoms with van der Waals surface area (Å²) in [7, 11) is 3.21. The summed E-state index contributed by atoms with van der Waals surface area (Å²) < 4.78 is 12.7. The van der Waals surface area contributed by atoms with E-state index in [2.05, 4.69) is 26.4 Å². The van der Waals surface area contributed by atoms with Crippen molar-refractivity contribution in [3.8, 4) is 11.5 Å². The van der Waals surface area contributed by atoms with Crippen LogP contribution in [0.1, 0.15) is 37.3 Å². The van der Waals surface area contributed by atoms with Crippen molar-refractivity contribution in [1.82, 2.24) is 25.0 Å². The Hall–Kier alpha value is -3.10. The third kappa shape index (κ3) is 3.30. The van der Waals surface area contributed by atoms with Gasteiger partial charge in [-0.05, 0) is 31.7 Å². The van der Waals surface area contributed by atoms with Crippen molar-refractivity contribution in [2.75, 3.05) is 31.4 Å². The minimum atomic E-state index is 0.265. The largest absolute Gasteiger partial charge is 0.493 e. The van der Waals surface area contributed by atoms with Crippen LogP contribution >= 0.6 is 0 Å². The standard InChI is InChI=1S/C20H25N7O2/c1-28-17-8-14-15(9-18(17)29-2)22-20(23-19(14)21)27-7-3-4-13(27)10-26-11-16(24-25-26)12-5-6-12/h8-9,11-13H,3-7,10H2,1-2H3,(H2,21,22,23)/t13-/m0/s1. The Labute approximate surface area is 168 Å². The molecule has 2 aliphatic rings. The number of aromatic nitrogens is 5. The minimum Gasteiger partial charge on any atom is -0.493 e. The molecule has 29 heavy (non-hydrogen) atoms. The number of ether oxygens (including phenoxy) is 2. The van der Waals surface area contributed by atoms with Gasteiger partial charge in [-0.1, -0.05) is 5.21 Å². The molecule has 3 aromatic rings. The smallest absolute Gasteiger partial charge is 0.228 e. The second-order valence-electron chi connectivity index (χ2n) is 7.76. The first-order valence-electron chi connectivity index (χ1n) is 10.0. The molecule has 0 amide bonds. The Morgan fingerprint density at radius 1 is 1.10 bits per heavy atom. The third-order valence-electron chi connectivity index (χ3n) is 5.80. The molecule has 1 aromatic carbocycles. The number of nitrogens with zero attached hydrogens (tertiary/aromatic N) is 6. The molecule has 1 saturated heterocycles. The van der Waals surface area contributed by atoms with E-state index in [1.165, 1.54) is 12.8 Å². The molecule has 0 radical (unpaired) electrons. The first-order valence-corrected chi connectivity index (χ1v) is 10.0. The van der Waals surface area contributed by atoms with Crippen LogP contribution in [0.25, 0.3) is 10.9 Å². The van der Waals surface area contributed by atoms with E-state index in [4.69, 9.17) is 20.2 Å². The normalized spacial score (nSPS) is 19.1. The number of rotatable bonds is 6. The number of nitrogens with two attached hydrogens (primary N) is 1. The SMILES string of the molecule is COc1cc2nc(N3CCC[C@H]3Cn3cc(C4CC4)nn3)nc(N)c2cc1OC. The quantitative estimate of drug-likeness (QED) is 0.678. The van der Waals surface area contributed by atoms with E-state index >= 15 is 0 Å². The molecule has 2 fully saturated rings. The predicted octanol–water partition coefficient (Wildman–Crippen LogP) is 2.37. The molecule has 9 nitrogen and oxygen atoms in total. The zero-order valence-corrected chi connectivity index (χ0v) is 16.7. The van der Waals surface area contributed by atoms with Gasteiger partial charge in [0.15, 0.2) is 11.5 Å². The summed E-state index contributed by atoms with van der Waals surface area (Å²) in [6.07, 6.45) is 6.69. The van der Waals surface area contributed by atoms with Gasteiger partial charge < -0.3 is 20.1 Å². The van der Waals surface area contributed by atoms with E-state index in [0.29, 0.717) is 29.2 Å². The maximum absolute atomic E-state index is 6.28. The highest BCUT2D eigenvalue weighted by Crippen LogP contribution is 2.39. The van der Waals surface area contributed by atoms with Crippen molar-refractivity contribution in [2.24, 2.45) is 0 Å². The van der Waals surface area contributed by atoms with Gasteiger partial charge in [-0.25, -0.2) is 4.98 Å². The monoisotopic (exact) mass is 395 g/mol. The number of hydrogen-bond acceptors (Lipinski definition) is 8. The molecule has 2 N–H and O–H groups in total. The summed E-state index contributed by atoms with van der Waals surface area (Å²) in [6.45, 7) is 1.67. The fourth-order valence-corrected chi connectivity index (χ4v) is 4.07. The van der Waals surface area contributed by atoms with E-state index in [1.54, 1.807) is 14.2 Å². The molecule has 152 valence electrons. The Balaban J connectivity index is 1.44. The van der Waals surface area contributed by atoms with Gasteiger partial charge in [0.2, 0.25) is 5.95 Å². The number of methoxy groups -OCH3 is 2. The molecular weight excluding hydrogens is 370 g/mol. The van der Waals surface area contributed by atoms with E-state index in [1.807, 2.05) is 16.8 Å². The molecule has 3 heterocycles. The Bertz CT molecular complexity index is 1050. The molecule has 2 aromatic heterocycles. The lowest BCUT2D eigenvalue weighted by molar-refractivity contribution is 0.356. The third-order valence-corrected chi connectivity index (χ3v) is 5.80. The molecule has 9 heteroatoms. The number of fused-ring (bicyclic) bond motifs is 1. The van der Waals surface area contributed by atoms with Crippen LogP contribution in [-0.2, 0) is 6.54 Å². The van der Waals surface area contributed by atoms with Crippen LogP contribution < -0.4 is 20.1 Å². The predicted molar refractivity (Wildman–Crippen MR) is 109 cm³/mol. The van der Waals surface area contributed by atoms with Gasteiger partial charge in [0.25, 0.3) is 0 Å². The lowest BCUT2D eigenvalue weighted by Gasteiger charge is -2.25. The lowest BCUT2D eigenvalue weighted by Crippen LogP contribution is -2.34. The average Bonchev–Trinajstić information content (AvgIpc) is 3.30. The summed E-state index contributed by atoms with van der Waals surface area (Å²) in [5, 5.41) is 9.41. The van der Waals surface area contributed by atoms with Gasteiger partial charge >= 0.3 is 0 Å². The summed E-state index contributed by atoms with van der Waals surface area (Å²) in [5.41, 5.74) is 8.14. The van der Waals surface area contributed by atoms with E-state index in [-0.39, 0.29) is 6.04 Å². The van der Waals surface area contributed by atoms with Gasteiger partial charge in [0.05, 0.1) is 38.0 Å².